The summed E-state index contributed by atoms with van der Waals surface area (Å²) in [5.74, 6) is 0.116. The number of fused-ring (bicyclic) bond motifs is 3. The van der Waals surface area contributed by atoms with Gasteiger partial charge in [-0.15, -0.1) is 0 Å². The van der Waals surface area contributed by atoms with E-state index in [1.807, 2.05) is 47.4 Å². The fourth-order valence-corrected chi connectivity index (χ4v) is 3.84. The Morgan fingerprint density at radius 2 is 1.76 bits per heavy atom. The smallest absolute Gasteiger partial charge is 0.256 e. The highest BCUT2D eigenvalue weighted by molar-refractivity contribution is 6.30. The van der Waals surface area contributed by atoms with E-state index in [0.717, 1.165) is 29.8 Å². The van der Waals surface area contributed by atoms with Crippen molar-refractivity contribution in [3.63, 3.8) is 0 Å². The van der Waals surface area contributed by atoms with Crippen LogP contribution < -0.4 is 0 Å². The summed E-state index contributed by atoms with van der Waals surface area (Å²) in [6.45, 7) is 1.61. The van der Waals surface area contributed by atoms with E-state index in [1.54, 1.807) is 0 Å². The predicted molar refractivity (Wildman–Crippen MR) is 82.3 cm³/mol. The Bertz CT molecular complexity index is 728. The van der Waals surface area contributed by atoms with Crippen molar-refractivity contribution in [2.45, 2.75) is 5.66 Å². The summed E-state index contributed by atoms with van der Waals surface area (Å²) < 4.78 is 0. The minimum atomic E-state index is -0.488. The van der Waals surface area contributed by atoms with Gasteiger partial charge in [0.25, 0.3) is 5.91 Å². The summed E-state index contributed by atoms with van der Waals surface area (Å²) in [7, 11) is 2.07. The van der Waals surface area contributed by atoms with E-state index in [2.05, 4.69) is 18.0 Å². The quantitative estimate of drug-likeness (QED) is 0.808. The van der Waals surface area contributed by atoms with Crippen molar-refractivity contribution in [1.29, 1.82) is 0 Å². The molecular weight excluding hydrogens is 284 g/mol. The molecule has 0 bridgehead atoms. The summed E-state index contributed by atoms with van der Waals surface area (Å²) in [5, 5.41) is 0.708. The van der Waals surface area contributed by atoms with Crippen molar-refractivity contribution >= 4 is 17.5 Å². The van der Waals surface area contributed by atoms with Crippen LogP contribution in [0.3, 0.4) is 0 Å². The van der Waals surface area contributed by atoms with Crippen LogP contribution in [0, 0.1) is 0 Å². The van der Waals surface area contributed by atoms with Gasteiger partial charge in [0.1, 0.15) is 5.66 Å². The van der Waals surface area contributed by atoms with Crippen LogP contribution >= 0.6 is 11.6 Å². The molecule has 0 aliphatic carbocycles. The van der Waals surface area contributed by atoms with Gasteiger partial charge in [-0.3, -0.25) is 9.69 Å². The third-order valence-electron chi connectivity index (χ3n) is 4.63. The first-order valence-electron chi connectivity index (χ1n) is 7.04. The van der Waals surface area contributed by atoms with Crippen molar-refractivity contribution in [3.05, 3.63) is 70.2 Å². The van der Waals surface area contributed by atoms with Gasteiger partial charge in [-0.2, -0.15) is 0 Å². The topological polar surface area (TPSA) is 23.6 Å². The number of rotatable bonds is 1. The first kappa shape index (κ1) is 12.9. The zero-order valence-electron chi connectivity index (χ0n) is 11.7. The van der Waals surface area contributed by atoms with Crippen LogP contribution in [0.5, 0.6) is 0 Å². The molecule has 0 radical (unpaired) electrons. The van der Waals surface area contributed by atoms with Gasteiger partial charge in [0.05, 0.1) is 0 Å². The van der Waals surface area contributed by atoms with Gasteiger partial charge < -0.3 is 4.90 Å². The molecule has 106 valence electrons. The highest BCUT2D eigenvalue weighted by Gasteiger charge is 2.56. The number of nitrogens with zero attached hydrogens (tertiary/aromatic N) is 2. The molecule has 2 heterocycles. The number of benzene rings is 2. The van der Waals surface area contributed by atoms with Crippen molar-refractivity contribution in [2.24, 2.45) is 0 Å². The third-order valence-corrected chi connectivity index (χ3v) is 4.88. The molecule has 0 saturated carbocycles. The maximum absolute atomic E-state index is 12.7. The molecule has 2 aromatic carbocycles. The van der Waals surface area contributed by atoms with Gasteiger partial charge in [-0.25, -0.2) is 0 Å². The van der Waals surface area contributed by atoms with Crippen LogP contribution in [-0.4, -0.2) is 35.8 Å². The fraction of sp³-hybridized carbons (Fsp3) is 0.235. The van der Waals surface area contributed by atoms with Crippen molar-refractivity contribution in [1.82, 2.24) is 9.80 Å². The van der Waals surface area contributed by atoms with Gasteiger partial charge in [0, 0.05) is 29.2 Å². The van der Waals surface area contributed by atoms with Crippen LogP contribution in [0.15, 0.2) is 48.5 Å². The first-order chi connectivity index (χ1) is 10.2. The Morgan fingerprint density at radius 1 is 1.05 bits per heavy atom. The second-order valence-corrected chi connectivity index (χ2v) is 6.04. The zero-order valence-corrected chi connectivity index (χ0v) is 12.5. The minimum Gasteiger partial charge on any atom is -0.311 e. The molecule has 0 aromatic heterocycles. The number of likely N-dealkylation sites (N-methyl/N-ethyl adjacent to an activating group) is 1. The van der Waals surface area contributed by atoms with Gasteiger partial charge in [-0.05, 0) is 30.8 Å². The maximum atomic E-state index is 12.7. The molecule has 21 heavy (non-hydrogen) atoms. The molecule has 4 heteroatoms. The number of carbonyl (C=O) groups excluding carboxylic acids is 1. The average molecular weight is 299 g/mol. The van der Waals surface area contributed by atoms with Crippen LogP contribution in [-0.2, 0) is 5.66 Å². The first-order valence-corrected chi connectivity index (χ1v) is 7.42. The molecular formula is C17H15ClN2O. The molecule has 4 rings (SSSR count). The van der Waals surface area contributed by atoms with Gasteiger partial charge in [0.15, 0.2) is 0 Å². The maximum Gasteiger partial charge on any atom is 0.256 e. The third kappa shape index (κ3) is 1.50. The lowest BCUT2D eigenvalue weighted by Gasteiger charge is -2.38. The molecule has 2 aromatic rings. The molecule has 0 spiro atoms. The second-order valence-electron chi connectivity index (χ2n) is 5.60. The SMILES string of the molecule is CN1CCN2C(=O)c3ccccc3C12c1ccc(Cl)cc1. The van der Waals surface area contributed by atoms with E-state index in [1.165, 1.54) is 0 Å². The molecule has 1 amide bonds. The molecule has 2 aliphatic heterocycles. The van der Waals surface area contributed by atoms with E-state index in [0.29, 0.717) is 5.02 Å². The van der Waals surface area contributed by atoms with Gasteiger partial charge in [-0.1, -0.05) is 41.9 Å². The molecule has 0 N–H and O–H groups in total. The highest BCUT2D eigenvalue weighted by atomic mass is 35.5. The largest absolute Gasteiger partial charge is 0.311 e. The van der Waals surface area contributed by atoms with E-state index in [-0.39, 0.29) is 5.91 Å². The van der Waals surface area contributed by atoms with Crippen molar-refractivity contribution < 1.29 is 4.79 Å². The second kappa shape index (κ2) is 4.33. The minimum absolute atomic E-state index is 0.116. The fourth-order valence-electron chi connectivity index (χ4n) is 3.71. The van der Waals surface area contributed by atoms with E-state index in [9.17, 15) is 4.79 Å². The van der Waals surface area contributed by atoms with Gasteiger partial charge in [0.2, 0.25) is 0 Å². The van der Waals surface area contributed by atoms with Crippen molar-refractivity contribution in [2.75, 3.05) is 20.1 Å². The lowest BCUT2D eigenvalue weighted by molar-refractivity contribution is 0.0527. The van der Waals surface area contributed by atoms with Crippen molar-refractivity contribution in [3.8, 4) is 0 Å². The Kier molecular flexibility index (Phi) is 2.65. The zero-order chi connectivity index (χ0) is 14.6. The number of amides is 1. The molecule has 2 aliphatic rings. The summed E-state index contributed by atoms with van der Waals surface area (Å²) >= 11 is 6.03. The highest BCUT2D eigenvalue weighted by Crippen LogP contribution is 2.48. The van der Waals surface area contributed by atoms with E-state index >= 15 is 0 Å². The van der Waals surface area contributed by atoms with Crippen LogP contribution in [0.1, 0.15) is 21.5 Å². The molecule has 3 nitrogen and oxygen atoms in total. The predicted octanol–water partition coefficient (Wildman–Crippen LogP) is 2.94. The number of hydrogen-bond acceptors (Lipinski definition) is 2. The Balaban J connectivity index is 2.02. The number of carbonyl (C=O) groups is 1. The van der Waals surface area contributed by atoms with Crippen LogP contribution in [0.4, 0.5) is 0 Å². The average Bonchev–Trinajstić information content (AvgIpc) is 2.97. The van der Waals surface area contributed by atoms with E-state index in [4.69, 9.17) is 11.6 Å². The molecule has 1 atom stereocenters. The lowest BCUT2D eigenvalue weighted by atomic mass is 9.90. The lowest BCUT2D eigenvalue weighted by Crippen LogP contribution is -2.47. The summed E-state index contributed by atoms with van der Waals surface area (Å²) in [6.07, 6.45) is 0. The number of halogens is 1. The molecule has 1 unspecified atom stereocenters. The van der Waals surface area contributed by atoms with Gasteiger partial charge >= 0.3 is 0 Å². The standard InChI is InChI=1S/C17H15ClN2O/c1-19-10-11-20-16(21)14-4-2-3-5-15(14)17(19,20)12-6-8-13(18)9-7-12/h2-9H,10-11H2,1H3. The summed E-state index contributed by atoms with van der Waals surface area (Å²) in [6, 6.07) is 15.7. The monoisotopic (exact) mass is 298 g/mol. The summed E-state index contributed by atoms with van der Waals surface area (Å²) in [5.41, 5.74) is 2.47. The van der Waals surface area contributed by atoms with Crippen LogP contribution in [0.2, 0.25) is 5.02 Å². The normalized spacial score (nSPS) is 24.3. The molecule has 1 fully saturated rings. The Hall–Kier alpha value is -1.84. The molecule has 1 saturated heterocycles. The van der Waals surface area contributed by atoms with E-state index < -0.39 is 5.66 Å². The number of hydrogen-bond donors (Lipinski definition) is 0. The Labute approximate surface area is 128 Å². The Morgan fingerprint density at radius 3 is 2.52 bits per heavy atom. The van der Waals surface area contributed by atoms with Crippen LogP contribution in [0.25, 0.3) is 0 Å². The summed E-state index contributed by atoms with van der Waals surface area (Å²) in [4.78, 5) is 17.0.